The van der Waals surface area contributed by atoms with Crippen molar-refractivity contribution in [3.63, 3.8) is 0 Å². The van der Waals surface area contributed by atoms with Gasteiger partial charge in [0.25, 0.3) is 12.4 Å². The van der Waals surface area contributed by atoms with E-state index in [1.807, 2.05) is 22.6 Å². The number of hydrogen-bond acceptors (Lipinski definition) is 7. The molecule has 5 heterocycles. The lowest BCUT2D eigenvalue weighted by Crippen LogP contribution is -2.19. The van der Waals surface area contributed by atoms with E-state index < -0.39 is 0 Å². The number of ether oxygens (including phenoxy) is 1. The van der Waals surface area contributed by atoms with Crippen molar-refractivity contribution < 1.29 is 23.8 Å². The number of rotatable bonds is 8. The molecule has 0 bridgehead atoms. The topological polar surface area (TPSA) is 130 Å². The summed E-state index contributed by atoms with van der Waals surface area (Å²) in [7, 11) is 0. The predicted octanol–water partition coefficient (Wildman–Crippen LogP) is 4.23. The Morgan fingerprint density at radius 1 is 1.20 bits per heavy atom. The molecule has 1 saturated heterocycles. The Morgan fingerprint density at radius 3 is 2.83 bits per heavy atom. The molecule has 2 fully saturated rings. The van der Waals surface area contributed by atoms with Crippen molar-refractivity contribution in [3.05, 3.63) is 77.0 Å². The highest BCUT2D eigenvalue weighted by Crippen LogP contribution is 2.36. The summed E-state index contributed by atoms with van der Waals surface area (Å²) in [5.74, 6) is 1.40. The van der Waals surface area contributed by atoms with Crippen molar-refractivity contribution in [1.29, 1.82) is 0 Å². The summed E-state index contributed by atoms with van der Waals surface area (Å²) in [6, 6.07) is 10.8. The molecule has 0 spiro atoms. The van der Waals surface area contributed by atoms with Crippen molar-refractivity contribution in [1.82, 2.24) is 25.0 Å². The third-order valence-corrected chi connectivity index (χ3v) is 7.78. The molecule has 1 aliphatic carbocycles. The van der Waals surface area contributed by atoms with Crippen LogP contribution in [0, 0.1) is 11.7 Å². The average molecular weight is 559 g/mol. The van der Waals surface area contributed by atoms with E-state index in [0.717, 1.165) is 54.6 Å². The number of aromatic nitrogens is 3. The number of carbonyl (C=O) groups is 2. The summed E-state index contributed by atoms with van der Waals surface area (Å²) in [4.78, 5) is 30.7. The SMILES string of the molecule is O=C1NCc2c(-c3cnc4cc(F)ccn34)ccc(Nc3ccc(C4CCOC4)c(CNCC4CC4)n3)c21.O=CO. The molecule has 1 unspecified atom stereocenters. The molecule has 7 rings (SSSR count). The quantitative estimate of drug-likeness (QED) is 0.237. The third kappa shape index (κ3) is 5.63. The summed E-state index contributed by atoms with van der Waals surface area (Å²) in [6.07, 6.45) is 7.00. The maximum absolute atomic E-state index is 13.7. The van der Waals surface area contributed by atoms with E-state index in [1.165, 1.54) is 30.5 Å². The Morgan fingerprint density at radius 2 is 2.05 bits per heavy atom. The third-order valence-electron chi connectivity index (χ3n) is 7.78. The van der Waals surface area contributed by atoms with Gasteiger partial charge in [-0.2, -0.15) is 0 Å². The van der Waals surface area contributed by atoms with E-state index >= 15 is 0 Å². The summed E-state index contributed by atoms with van der Waals surface area (Å²) in [5.41, 5.74) is 6.68. The first-order valence-electron chi connectivity index (χ1n) is 13.8. The van der Waals surface area contributed by atoms with Gasteiger partial charge in [-0.1, -0.05) is 12.1 Å². The van der Waals surface area contributed by atoms with Gasteiger partial charge in [0.15, 0.2) is 0 Å². The standard InChI is InChI=1S/C29H29FN6O2.CH2O2/c30-19-7-9-36-25(15-32-27(36)11-19)21-3-5-23(28-22(21)13-33-29(28)37)34-26-6-4-20(18-8-10-38-16-18)24(35-26)14-31-12-17-1-2-17;2-1-3/h3-7,9,11,15,17-18,31H,1-2,8,10,12-14,16H2,(H,33,37)(H,34,35);1H,(H,2,3). The van der Waals surface area contributed by atoms with E-state index in [1.54, 1.807) is 12.4 Å². The Labute approximate surface area is 236 Å². The van der Waals surface area contributed by atoms with Gasteiger partial charge in [-0.05, 0) is 61.1 Å². The molecular weight excluding hydrogens is 527 g/mol. The molecule has 1 amide bonds. The molecule has 1 atom stereocenters. The molecule has 41 heavy (non-hydrogen) atoms. The second kappa shape index (κ2) is 11.6. The van der Waals surface area contributed by atoms with Gasteiger partial charge in [0.1, 0.15) is 17.3 Å². The van der Waals surface area contributed by atoms with E-state index in [-0.39, 0.29) is 18.2 Å². The fourth-order valence-electron chi connectivity index (χ4n) is 5.58. The van der Waals surface area contributed by atoms with Gasteiger partial charge in [0, 0.05) is 43.4 Å². The minimum atomic E-state index is -0.336. The maximum atomic E-state index is 13.7. The van der Waals surface area contributed by atoms with Crippen molar-refractivity contribution >= 4 is 29.5 Å². The van der Waals surface area contributed by atoms with Gasteiger partial charge in [-0.3, -0.25) is 14.0 Å². The molecule has 4 aromatic rings. The number of halogens is 1. The van der Waals surface area contributed by atoms with E-state index in [9.17, 15) is 9.18 Å². The number of carbonyl (C=O) groups excluding carboxylic acids is 1. The molecular formula is C30H31FN6O4. The lowest BCUT2D eigenvalue weighted by molar-refractivity contribution is -0.122. The second-order valence-electron chi connectivity index (χ2n) is 10.5. The number of hydrogen-bond donors (Lipinski definition) is 4. The van der Waals surface area contributed by atoms with Crippen molar-refractivity contribution in [2.45, 2.75) is 38.3 Å². The van der Waals surface area contributed by atoms with Crippen molar-refractivity contribution in [2.24, 2.45) is 5.92 Å². The van der Waals surface area contributed by atoms with E-state index in [0.29, 0.717) is 41.7 Å². The van der Waals surface area contributed by atoms with Crippen LogP contribution in [0.1, 0.15) is 52.4 Å². The lowest BCUT2D eigenvalue weighted by Gasteiger charge is -2.17. The van der Waals surface area contributed by atoms with Crippen molar-refractivity contribution in [3.8, 4) is 11.3 Å². The highest BCUT2D eigenvalue weighted by molar-refractivity contribution is 6.06. The van der Waals surface area contributed by atoms with Gasteiger partial charge < -0.3 is 25.8 Å². The molecule has 10 nitrogen and oxygen atoms in total. The van der Waals surface area contributed by atoms with Crippen LogP contribution in [0.2, 0.25) is 0 Å². The van der Waals surface area contributed by atoms with Crippen LogP contribution in [0.5, 0.6) is 0 Å². The zero-order valence-corrected chi connectivity index (χ0v) is 22.4. The van der Waals surface area contributed by atoms with Crippen LogP contribution < -0.4 is 16.0 Å². The van der Waals surface area contributed by atoms with E-state index in [4.69, 9.17) is 19.6 Å². The maximum Gasteiger partial charge on any atom is 0.290 e. The Hall–Kier alpha value is -4.35. The van der Waals surface area contributed by atoms with Crippen molar-refractivity contribution in [2.75, 3.05) is 25.1 Å². The average Bonchev–Trinajstić information content (AvgIpc) is 3.31. The first-order chi connectivity index (χ1) is 20.1. The number of pyridine rings is 2. The zero-order valence-electron chi connectivity index (χ0n) is 22.4. The normalized spacial score (nSPS) is 17.6. The zero-order chi connectivity index (χ0) is 28.3. The molecule has 3 aliphatic rings. The number of carboxylic acid groups (broad SMARTS) is 1. The number of benzene rings is 1. The van der Waals surface area contributed by atoms with Gasteiger partial charge in [-0.15, -0.1) is 0 Å². The summed E-state index contributed by atoms with van der Waals surface area (Å²) < 4.78 is 21.2. The molecule has 212 valence electrons. The highest BCUT2D eigenvalue weighted by Gasteiger charge is 2.28. The molecule has 11 heteroatoms. The number of anilines is 2. The Kier molecular flexibility index (Phi) is 7.62. The predicted molar refractivity (Wildman–Crippen MR) is 151 cm³/mol. The fraction of sp³-hybridized carbons (Fsp3) is 0.333. The lowest BCUT2D eigenvalue weighted by atomic mass is 9.96. The monoisotopic (exact) mass is 558 g/mol. The van der Waals surface area contributed by atoms with Gasteiger partial charge >= 0.3 is 0 Å². The van der Waals surface area contributed by atoms with Crippen LogP contribution in [0.4, 0.5) is 15.9 Å². The number of fused-ring (bicyclic) bond motifs is 2. The van der Waals surface area contributed by atoms with Crippen LogP contribution in [0.25, 0.3) is 16.9 Å². The van der Waals surface area contributed by atoms with Crippen LogP contribution >= 0.6 is 0 Å². The molecule has 2 aliphatic heterocycles. The minimum Gasteiger partial charge on any atom is -0.483 e. The molecule has 1 saturated carbocycles. The minimum absolute atomic E-state index is 0.129. The number of nitrogens with one attached hydrogen (secondary N) is 3. The van der Waals surface area contributed by atoms with E-state index in [2.05, 4.69) is 27.0 Å². The highest BCUT2D eigenvalue weighted by atomic mass is 19.1. The van der Waals surface area contributed by atoms with Crippen LogP contribution in [-0.2, 0) is 22.6 Å². The molecule has 1 aromatic carbocycles. The van der Waals surface area contributed by atoms with Gasteiger partial charge in [-0.25, -0.2) is 14.4 Å². The van der Waals surface area contributed by atoms with Gasteiger partial charge in [0.2, 0.25) is 0 Å². The van der Waals surface area contributed by atoms with Crippen LogP contribution in [-0.4, -0.2) is 51.6 Å². The summed E-state index contributed by atoms with van der Waals surface area (Å²) in [5, 5.41) is 16.8. The molecule has 4 N–H and O–H groups in total. The first-order valence-corrected chi connectivity index (χ1v) is 13.8. The number of nitrogens with zero attached hydrogens (tertiary/aromatic N) is 3. The second-order valence-corrected chi connectivity index (χ2v) is 10.5. The first kappa shape index (κ1) is 26.9. The Bertz CT molecular complexity index is 1600. The van der Waals surface area contributed by atoms with Crippen LogP contribution in [0.15, 0.2) is 48.8 Å². The Balaban J connectivity index is 0.000000967. The number of imidazole rings is 1. The fourth-order valence-corrected chi connectivity index (χ4v) is 5.58. The van der Waals surface area contributed by atoms with Crippen LogP contribution in [0.3, 0.4) is 0 Å². The largest absolute Gasteiger partial charge is 0.483 e. The summed E-state index contributed by atoms with van der Waals surface area (Å²) >= 11 is 0. The molecule has 0 radical (unpaired) electrons. The smallest absolute Gasteiger partial charge is 0.290 e. The molecule has 3 aromatic heterocycles. The van der Waals surface area contributed by atoms with Gasteiger partial charge in [0.05, 0.1) is 35.4 Å². The number of amides is 1. The summed E-state index contributed by atoms with van der Waals surface area (Å²) in [6.45, 7) is 3.41.